The topological polar surface area (TPSA) is 72.8 Å². The number of halogens is 5. The Bertz CT molecular complexity index is 845. The van der Waals surface area contributed by atoms with Crippen molar-refractivity contribution in [3.05, 3.63) is 35.5 Å². The molecular weight excluding hydrogens is 417 g/mol. The van der Waals surface area contributed by atoms with Crippen LogP contribution in [0.2, 0.25) is 0 Å². The zero-order chi connectivity index (χ0) is 21.1. The van der Waals surface area contributed by atoms with E-state index in [9.17, 15) is 22.0 Å². The predicted molar refractivity (Wildman–Crippen MR) is 95.0 cm³/mol. The fraction of sp³-hybridized carbons (Fsp3) is 0.529. The first-order valence-corrected chi connectivity index (χ1v) is 9.98. The van der Waals surface area contributed by atoms with Gasteiger partial charge in [-0.3, -0.25) is 0 Å². The Morgan fingerprint density at radius 3 is 2.52 bits per heavy atom. The maximum absolute atomic E-state index is 14.5. The van der Waals surface area contributed by atoms with E-state index in [1.54, 1.807) is 6.26 Å². The molecule has 29 heavy (non-hydrogen) atoms. The van der Waals surface area contributed by atoms with Crippen LogP contribution in [0.15, 0.2) is 23.6 Å². The molecule has 1 aliphatic rings. The lowest BCUT2D eigenvalue weighted by molar-refractivity contribution is -0.178. The van der Waals surface area contributed by atoms with Crippen LogP contribution in [0.4, 0.5) is 22.0 Å². The molecule has 12 heteroatoms. The summed E-state index contributed by atoms with van der Waals surface area (Å²) in [5, 5.41) is 3.67. The average molecular weight is 435 g/mol. The van der Waals surface area contributed by atoms with Crippen molar-refractivity contribution in [3.63, 3.8) is 0 Å². The van der Waals surface area contributed by atoms with Gasteiger partial charge in [-0.2, -0.15) is 26.9 Å². The largest absolute Gasteiger partial charge is 0.451 e. The van der Waals surface area contributed by atoms with Gasteiger partial charge < -0.3 is 10.1 Å². The van der Waals surface area contributed by atoms with Crippen molar-refractivity contribution in [3.8, 4) is 5.88 Å². The van der Waals surface area contributed by atoms with Crippen molar-refractivity contribution >= 4 is 11.8 Å². The molecule has 0 bridgehead atoms. The molecule has 3 heterocycles. The van der Waals surface area contributed by atoms with E-state index in [2.05, 4.69) is 30.0 Å². The minimum atomic E-state index is -4.86. The van der Waals surface area contributed by atoms with Crippen LogP contribution in [-0.2, 0) is 12.6 Å². The number of nitrogens with one attached hydrogen (secondary N) is 1. The molecule has 158 valence electrons. The van der Waals surface area contributed by atoms with Crippen LogP contribution in [0.3, 0.4) is 0 Å². The van der Waals surface area contributed by atoms with Gasteiger partial charge in [0.15, 0.2) is 5.16 Å². The quantitative estimate of drug-likeness (QED) is 0.422. The zero-order valence-electron chi connectivity index (χ0n) is 15.3. The van der Waals surface area contributed by atoms with E-state index in [0.29, 0.717) is 10.9 Å². The van der Waals surface area contributed by atoms with Gasteiger partial charge in [-0.1, -0.05) is 11.8 Å². The number of ether oxygens (including phenoxy) is 1. The first kappa shape index (κ1) is 21.6. The van der Waals surface area contributed by atoms with Gasteiger partial charge in [0.2, 0.25) is 11.7 Å². The number of hydrogen-bond acceptors (Lipinski definition) is 7. The molecule has 2 aromatic rings. The molecule has 6 nitrogen and oxygen atoms in total. The molecule has 1 aliphatic heterocycles. The van der Waals surface area contributed by atoms with Gasteiger partial charge in [0, 0.05) is 29.9 Å². The molecule has 1 saturated heterocycles. The fourth-order valence-electron chi connectivity index (χ4n) is 3.03. The summed E-state index contributed by atoms with van der Waals surface area (Å²) in [5.74, 6) is -2.41. The van der Waals surface area contributed by atoms with Gasteiger partial charge in [0.05, 0.1) is 12.1 Å². The summed E-state index contributed by atoms with van der Waals surface area (Å²) in [5.41, 5.74) is 0.720. The van der Waals surface area contributed by atoms with Gasteiger partial charge in [0.1, 0.15) is 0 Å². The number of piperidine rings is 1. The number of hydrogen-bond donors (Lipinski definition) is 1. The fourth-order valence-corrected chi connectivity index (χ4v) is 3.38. The van der Waals surface area contributed by atoms with E-state index < -0.39 is 30.4 Å². The summed E-state index contributed by atoms with van der Waals surface area (Å²) < 4.78 is 71.6. The maximum atomic E-state index is 14.5. The smallest absolute Gasteiger partial charge is 0.414 e. The summed E-state index contributed by atoms with van der Waals surface area (Å²) >= 11 is 1.30. The van der Waals surface area contributed by atoms with Crippen LogP contribution < -0.4 is 10.1 Å². The van der Waals surface area contributed by atoms with Crippen molar-refractivity contribution in [2.75, 3.05) is 19.3 Å². The van der Waals surface area contributed by atoms with Gasteiger partial charge in [-0.25, -0.2) is 15.0 Å². The highest BCUT2D eigenvalue weighted by Gasteiger charge is 2.38. The molecule has 0 amide bonds. The number of rotatable bonds is 6. The third kappa shape index (κ3) is 5.72. The van der Waals surface area contributed by atoms with E-state index in [1.807, 2.05) is 0 Å². The molecule has 1 fully saturated rings. The lowest BCUT2D eigenvalue weighted by atomic mass is 9.91. The summed E-state index contributed by atoms with van der Waals surface area (Å²) in [7, 11) is 0. The van der Waals surface area contributed by atoms with E-state index in [0.717, 1.165) is 38.2 Å². The molecule has 0 aromatic carbocycles. The second-order valence-electron chi connectivity index (χ2n) is 6.42. The first-order valence-electron chi connectivity index (χ1n) is 8.75. The minimum Gasteiger partial charge on any atom is -0.414 e. The molecule has 0 radical (unpaired) electrons. The molecule has 0 unspecified atom stereocenters. The second-order valence-corrected chi connectivity index (χ2v) is 7.20. The zero-order valence-corrected chi connectivity index (χ0v) is 16.2. The van der Waals surface area contributed by atoms with E-state index >= 15 is 0 Å². The Hall–Kier alpha value is -2.08. The summed E-state index contributed by atoms with van der Waals surface area (Å²) in [6, 6.07) is 0.851. The summed E-state index contributed by atoms with van der Waals surface area (Å²) in [6.07, 6.45) is -4.23. The van der Waals surface area contributed by atoms with Crippen LogP contribution in [0, 0.1) is 0 Å². The van der Waals surface area contributed by atoms with Crippen LogP contribution in [0.5, 0.6) is 5.88 Å². The number of alkyl halides is 5. The highest BCUT2D eigenvalue weighted by atomic mass is 32.2. The van der Waals surface area contributed by atoms with Crippen molar-refractivity contribution in [2.45, 2.75) is 42.6 Å². The van der Waals surface area contributed by atoms with Crippen molar-refractivity contribution in [1.82, 2.24) is 25.3 Å². The Morgan fingerprint density at radius 1 is 1.14 bits per heavy atom. The SMILES string of the molecule is CSc1ncc(CC(F)(F)Oc2ccnc(C(F)(F)F)n2)c(C2CCNCC2)n1. The maximum Gasteiger partial charge on any atom is 0.451 e. The molecule has 2 aromatic heterocycles. The lowest BCUT2D eigenvalue weighted by Gasteiger charge is -2.25. The highest BCUT2D eigenvalue weighted by molar-refractivity contribution is 7.98. The second kappa shape index (κ2) is 8.74. The minimum absolute atomic E-state index is 0.00756. The van der Waals surface area contributed by atoms with Gasteiger partial charge in [-0.15, -0.1) is 0 Å². The number of aromatic nitrogens is 4. The molecule has 1 N–H and O–H groups in total. The van der Waals surface area contributed by atoms with E-state index in [4.69, 9.17) is 0 Å². The molecule has 0 atom stereocenters. The molecule has 0 aliphatic carbocycles. The van der Waals surface area contributed by atoms with Crippen LogP contribution in [0.25, 0.3) is 0 Å². The Balaban J connectivity index is 1.82. The first-order chi connectivity index (χ1) is 13.7. The molecular formula is C17H18F5N5OS. The van der Waals surface area contributed by atoms with Crippen LogP contribution >= 0.6 is 11.8 Å². The monoisotopic (exact) mass is 435 g/mol. The van der Waals surface area contributed by atoms with Crippen molar-refractivity contribution in [2.24, 2.45) is 0 Å². The summed E-state index contributed by atoms with van der Waals surface area (Å²) in [6.45, 7) is 1.49. The third-order valence-electron chi connectivity index (χ3n) is 4.32. The Kier molecular flexibility index (Phi) is 6.52. The van der Waals surface area contributed by atoms with E-state index in [1.165, 1.54) is 18.0 Å². The molecule has 3 rings (SSSR count). The van der Waals surface area contributed by atoms with Gasteiger partial charge >= 0.3 is 12.3 Å². The summed E-state index contributed by atoms with van der Waals surface area (Å²) in [4.78, 5) is 14.5. The van der Waals surface area contributed by atoms with Crippen LogP contribution in [0.1, 0.15) is 35.8 Å². The van der Waals surface area contributed by atoms with Gasteiger partial charge in [-0.05, 0) is 32.2 Å². The van der Waals surface area contributed by atoms with Gasteiger partial charge in [0.25, 0.3) is 0 Å². The Labute approximate surface area is 167 Å². The molecule has 0 saturated carbocycles. The standard InChI is InChI=1S/C17H18F5N5OS/c1-29-15-25-9-11(13(27-15)10-2-5-23-6-3-10)8-16(18,19)28-12-4-7-24-14(26-12)17(20,21)22/h4,7,9-10,23H,2-3,5-6,8H2,1H3. The van der Waals surface area contributed by atoms with Crippen LogP contribution in [-0.4, -0.2) is 45.4 Å². The Morgan fingerprint density at radius 2 is 1.86 bits per heavy atom. The predicted octanol–water partition coefficient (Wildman–Crippen LogP) is 3.69. The number of nitrogens with zero attached hydrogens (tertiary/aromatic N) is 4. The van der Waals surface area contributed by atoms with Crippen molar-refractivity contribution < 1.29 is 26.7 Å². The normalized spacial score (nSPS) is 16.1. The lowest BCUT2D eigenvalue weighted by Crippen LogP contribution is -2.31. The average Bonchev–Trinajstić information content (AvgIpc) is 2.68. The molecule has 0 spiro atoms. The van der Waals surface area contributed by atoms with E-state index in [-0.39, 0.29) is 11.5 Å². The highest BCUT2D eigenvalue weighted by Crippen LogP contribution is 2.33. The van der Waals surface area contributed by atoms with Crippen molar-refractivity contribution in [1.29, 1.82) is 0 Å². The number of thioether (sulfide) groups is 1. The third-order valence-corrected chi connectivity index (χ3v) is 4.88.